The Hall–Kier alpha value is -1.40. The zero-order valence-corrected chi connectivity index (χ0v) is 11.9. The first-order chi connectivity index (χ1) is 9.72. The minimum Gasteiger partial charge on any atom is -0.373 e. The van der Waals surface area contributed by atoms with Crippen LogP contribution in [0.1, 0.15) is 12.0 Å². The van der Waals surface area contributed by atoms with E-state index >= 15 is 0 Å². The Labute approximate surface area is 119 Å². The van der Waals surface area contributed by atoms with E-state index in [1.807, 2.05) is 28.9 Å². The second-order valence-electron chi connectivity index (χ2n) is 5.71. The van der Waals surface area contributed by atoms with Gasteiger partial charge in [-0.2, -0.15) is 5.10 Å². The van der Waals surface area contributed by atoms with Gasteiger partial charge in [0.15, 0.2) is 0 Å². The molecule has 2 atom stereocenters. The van der Waals surface area contributed by atoms with Crippen LogP contribution < -0.4 is 5.32 Å². The maximum Gasteiger partial charge on any atom is 0.227 e. The normalized spacial score (nSPS) is 26.9. The van der Waals surface area contributed by atoms with E-state index in [0.29, 0.717) is 26.2 Å². The molecule has 2 aliphatic rings. The highest BCUT2D eigenvalue weighted by Crippen LogP contribution is 2.15. The van der Waals surface area contributed by atoms with Crippen LogP contribution in [0.5, 0.6) is 0 Å². The number of morpholine rings is 1. The van der Waals surface area contributed by atoms with Crippen molar-refractivity contribution in [3.63, 3.8) is 0 Å². The molecular formula is C14H22N4O2. The van der Waals surface area contributed by atoms with Crippen molar-refractivity contribution in [2.75, 3.05) is 32.8 Å². The first-order valence-corrected chi connectivity index (χ1v) is 7.32. The predicted octanol–water partition coefficient (Wildman–Crippen LogP) is 0.0284. The van der Waals surface area contributed by atoms with Gasteiger partial charge in [-0.15, -0.1) is 0 Å². The molecule has 0 aliphatic carbocycles. The molecule has 2 saturated heterocycles. The first kappa shape index (κ1) is 13.6. The van der Waals surface area contributed by atoms with Crippen molar-refractivity contribution >= 4 is 5.91 Å². The second-order valence-corrected chi connectivity index (χ2v) is 5.71. The smallest absolute Gasteiger partial charge is 0.227 e. The standard InChI is InChI=1S/C14H22N4O2/c1-11-6-16-18(8-11)10-13-9-17(4-5-20-13)14(19)12-2-3-15-7-12/h6,8,12-13,15H,2-5,7,9-10H2,1H3. The fraction of sp³-hybridized carbons (Fsp3) is 0.714. The largest absolute Gasteiger partial charge is 0.373 e. The van der Waals surface area contributed by atoms with Gasteiger partial charge in [-0.25, -0.2) is 0 Å². The Morgan fingerprint density at radius 2 is 2.50 bits per heavy atom. The van der Waals surface area contributed by atoms with E-state index in [-0.39, 0.29) is 17.9 Å². The lowest BCUT2D eigenvalue weighted by molar-refractivity contribution is -0.143. The summed E-state index contributed by atoms with van der Waals surface area (Å²) >= 11 is 0. The van der Waals surface area contributed by atoms with Crippen molar-refractivity contribution in [2.45, 2.75) is 26.0 Å². The minimum atomic E-state index is 0.0429. The summed E-state index contributed by atoms with van der Waals surface area (Å²) < 4.78 is 7.66. The van der Waals surface area contributed by atoms with Crippen molar-refractivity contribution in [2.24, 2.45) is 5.92 Å². The third-order valence-electron chi connectivity index (χ3n) is 4.01. The molecule has 1 N–H and O–H groups in total. The summed E-state index contributed by atoms with van der Waals surface area (Å²) in [6.07, 6.45) is 4.85. The maximum absolute atomic E-state index is 12.4. The number of carbonyl (C=O) groups is 1. The number of hydrogen-bond donors (Lipinski definition) is 1. The molecule has 1 amide bonds. The van der Waals surface area contributed by atoms with Gasteiger partial charge >= 0.3 is 0 Å². The lowest BCUT2D eigenvalue weighted by Gasteiger charge is -2.34. The van der Waals surface area contributed by atoms with Crippen LogP contribution in [0.15, 0.2) is 12.4 Å². The van der Waals surface area contributed by atoms with Crippen molar-refractivity contribution in [3.8, 4) is 0 Å². The van der Waals surface area contributed by atoms with Crippen molar-refractivity contribution in [1.29, 1.82) is 0 Å². The third-order valence-corrected chi connectivity index (χ3v) is 4.01. The van der Waals surface area contributed by atoms with E-state index in [1.165, 1.54) is 0 Å². The van der Waals surface area contributed by atoms with Gasteiger partial charge in [0.2, 0.25) is 5.91 Å². The van der Waals surface area contributed by atoms with Crippen LogP contribution in [-0.2, 0) is 16.1 Å². The van der Waals surface area contributed by atoms with Crippen LogP contribution in [0.25, 0.3) is 0 Å². The molecule has 110 valence electrons. The zero-order chi connectivity index (χ0) is 13.9. The Balaban J connectivity index is 1.57. The van der Waals surface area contributed by atoms with E-state index in [4.69, 9.17) is 4.74 Å². The fourth-order valence-electron chi connectivity index (χ4n) is 2.93. The topological polar surface area (TPSA) is 59.4 Å². The molecule has 0 radical (unpaired) electrons. The second kappa shape index (κ2) is 5.93. The number of nitrogens with one attached hydrogen (secondary N) is 1. The van der Waals surface area contributed by atoms with E-state index in [9.17, 15) is 4.79 Å². The highest BCUT2D eigenvalue weighted by molar-refractivity contribution is 5.79. The average molecular weight is 278 g/mol. The molecule has 1 aromatic heterocycles. The van der Waals surface area contributed by atoms with E-state index in [2.05, 4.69) is 10.4 Å². The molecule has 3 heterocycles. The predicted molar refractivity (Wildman–Crippen MR) is 74.3 cm³/mol. The summed E-state index contributed by atoms with van der Waals surface area (Å²) in [6, 6.07) is 0. The molecular weight excluding hydrogens is 256 g/mol. The summed E-state index contributed by atoms with van der Waals surface area (Å²) in [5.74, 6) is 0.431. The van der Waals surface area contributed by atoms with E-state index < -0.39 is 0 Å². The Kier molecular flexibility index (Phi) is 4.03. The number of aryl methyl sites for hydroxylation is 1. The van der Waals surface area contributed by atoms with Gasteiger partial charge in [0.25, 0.3) is 0 Å². The van der Waals surface area contributed by atoms with E-state index in [1.54, 1.807) is 0 Å². The number of nitrogens with zero attached hydrogens (tertiary/aromatic N) is 3. The van der Waals surface area contributed by atoms with Crippen LogP contribution in [0.2, 0.25) is 0 Å². The Morgan fingerprint density at radius 3 is 3.20 bits per heavy atom. The minimum absolute atomic E-state index is 0.0429. The maximum atomic E-state index is 12.4. The van der Waals surface area contributed by atoms with E-state index in [0.717, 1.165) is 25.1 Å². The molecule has 0 bridgehead atoms. The lowest BCUT2D eigenvalue weighted by atomic mass is 10.1. The Morgan fingerprint density at radius 1 is 1.60 bits per heavy atom. The molecule has 6 nitrogen and oxygen atoms in total. The molecule has 2 aliphatic heterocycles. The summed E-state index contributed by atoms with van der Waals surface area (Å²) in [6.45, 7) is 6.51. The number of carbonyl (C=O) groups excluding carboxylic acids is 1. The Bertz CT molecular complexity index is 467. The summed E-state index contributed by atoms with van der Waals surface area (Å²) in [7, 11) is 0. The highest BCUT2D eigenvalue weighted by atomic mass is 16.5. The van der Waals surface area contributed by atoms with Crippen molar-refractivity contribution in [3.05, 3.63) is 18.0 Å². The van der Waals surface area contributed by atoms with Gasteiger partial charge in [0, 0.05) is 25.8 Å². The zero-order valence-electron chi connectivity index (χ0n) is 11.9. The molecule has 2 fully saturated rings. The average Bonchev–Trinajstić information content (AvgIpc) is 3.10. The van der Waals surface area contributed by atoms with Gasteiger partial charge in [-0.05, 0) is 25.5 Å². The van der Waals surface area contributed by atoms with Crippen LogP contribution in [0, 0.1) is 12.8 Å². The number of amides is 1. The fourth-order valence-corrected chi connectivity index (χ4v) is 2.93. The molecule has 0 aromatic carbocycles. The first-order valence-electron chi connectivity index (χ1n) is 7.32. The monoisotopic (exact) mass is 278 g/mol. The lowest BCUT2D eigenvalue weighted by Crippen LogP contribution is -2.49. The SMILES string of the molecule is Cc1cnn(CC2CN(C(=O)C3CCNC3)CCO2)c1. The number of aromatic nitrogens is 2. The summed E-state index contributed by atoms with van der Waals surface area (Å²) in [4.78, 5) is 14.4. The molecule has 20 heavy (non-hydrogen) atoms. The molecule has 6 heteroatoms. The van der Waals surface area contributed by atoms with Gasteiger partial charge in [-0.1, -0.05) is 0 Å². The van der Waals surface area contributed by atoms with Crippen LogP contribution in [0.4, 0.5) is 0 Å². The van der Waals surface area contributed by atoms with Crippen molar-refractivity contribution < 1.29 is 9.53 Å². The summed E-state index contributed by atoms with van der Waals surface area (Å²) in [5, 5.41) is 7.53. The van der Waals surface area contributed by atoms with Gasteiger partial charge < -0.3 is 15.0 Å². The third kappa shape index (κ3) is 3.02. The summed E-state index contributed by atoms with van der Waals surface area (Å²) in [5.41, 5.74) is 1.14. The van der Waals surface area contributed by atoms with Crippen LogP contribution in [-0.4, -0.2) is 59.5 Å². The van der Waals surface area contributed by atoms with Gasteiger partial charge in [-0.3, -0.25) is 9.48 Å². The van der Waals surface area contributed by atoms with Crippen molar-refractivity contribution in [1.82, 2.24) is 20.0 Å². The highest BCUT2D eigenvalue weighted by Gasteiger charge is 2.31. The molecule has 3 rings (SSSR count). The quantitative estimate of drug-likeness (QED) is 0.847. The number of rotatable bonds is 3. The number of hydrogen-bond acceptors (Lipinski definition) is 4. The van der Waals surface area contributed by atoms with Crippen LogP contribution in [0.3, 0.4) is 0 Å². The number of ether oxygens (including phenoxy) is 1. The van der Waals surface area contributed by atoms with Gasteiger partial charge in [0.1, 0.15) is 0 Å². The van der Waals surface area contributed by atoms with Gasteiger partial charge in [0.05, 0.1) is 31.4 Å². The van der Waals surface area contributed by atoms with Crippen LogP contribution >= 0.6 is 0 Å². The molecule has 0 spiro atoms. The molecule has 0 saturated carbocycles. The molecule has 2 unspecified atom stereocenters. The molecule has 1 aromatic rings.